The van der Waals surface area contributed by atoms with Crippen LogP contribution in [0.3, 0.4) is 0 Å². The summed E-state index contributed by atoms with van der Waals surface area (Å²) >= 11 is 8.59. The van der Waals surface area contributed by atoms with Gasteiger partial charge in [0.05, 0.1) is 0 Å². The fraction of sp³-hybridized carbons (Fsp3) is 1.00. The third kappa shape index (κ3) is 7.28. The van der Waals surface area contributed by atoms with Crippen molar-refractivity contribution in [2.24, 2.45) is 0 Å². The Balaban J connectivity index is 3.27. The van der Waals surface area contributed by atoms with Gasteiger partial charge in [0, 0.05) is 23.7 Å². The van der Waals surface area contributed by atoms with Crippen molar-refractivity contribution >= 4 is 25.3 Å². The quantitative estimate of drug-likeness (QED) is 0.476. The largest absolute Gasteiger partial charge is 0.396 e. The summed E-state index contributed by atoms with van der Waals surface area (Å²) in [5.74, 6) is 0. The lowest BCUT2D eigenvalue weighted by Crippen LogP contribution is -2.08. The number of rotatable bonds is 7. The third-order valence-electron chi connectivity index (χ3n) is 1.76. The minimum absolute atomic E-state index is 0.200. The van der Waals surface area contributed by atoms with E-state index in [0.29, 0.717) is 0 Å². The zero-order chi connectivity index (χ0) is 9.40. The maximum Gasteiger partial charge on any atom is 0.0441 e. The van der Waals surface area contributed by atoms with Gasteiger partial charge in [0.2, 0.25) is 0 Å². The summed E-state index contributed by atoms with van der Waals surface area (Å²) in [5, 5.41) is 17.7. The zero-order valence-corrected chi connectivity index (χ0v) is 8.98. The first-order valence-corrected chi connectivity index (χ1v) is 5.31. The Morgan fingerprint density at radius 1 is 0.750 bits per heavy atom. The Labute approximate surface area is 85.2 Å². The van der Waals surface area contributed by atoms with Crippen molar-refractivity contribution in [2.75, 3.05) is 13.2 Å². The van der Waals surface area contributed by atoms with Crippen LogP contribution in [0.2, 0.25) is 0 Å². The van der Waals surface area contributed by atoms with Gasteiger partial charge in [-0.3, -0.25) is 0 Å². The number of hydrogen-bond acceptors (Lipinski definition) is 4. The third-order valence-corrected chi connectivity index (χ3v) is 2.79. The van der Waals surface area contributed by atoms with Crippen LogP contribution in [-0.2, 0) is 0 Å². The van der Waals surface area contributed by atoms with Gasteiger partial charge >= 0.3 is 0 Å². The minimum atomic E-state index is 0.200. The van der Waals surface area contributed by atoms with E-state index in [9.17, 15) is 0 Å². The van der Waals surface area contributed by atoms with Gasteiger partial charge in [-0.15, -0.1) is 0 Å². The molecule has 0 aliphatic rings. The Morgan fingerprint density at radius 2 is 1.08 bits per heavy atom. The highest BCUT2D eigenvalue weighted by atomic mass is 32.1. The smallest absolute Gasteiger partial charge is 0.0441 e. The van der Waals surface area contributed by atoms with Gasteiger partial charge in [-0.2, -0.15) is 25.3 Å². The van der Waals surface area contributed by atoms with E-state index in [-0.39, 0.29) is 23.7 Å². The Kier molecular flexibility index (Phi) is 8.65. The maximum absolute atomic E-state index is 8.60. The first-order chi connectivity index (χ1) is 5.70. The van der Waals surface area contributed by atoms with Crippen LogP contribution >= 0.6 is 25.3 Å². The summed E-state index contributed by atoms with van der Waals surface area (Å²) in [6, 6.07) is 0. The molecule has 2 unspecified atom stereocenters. The molecule has 2 atom stereocenters. The summed E-state index contributed by atoms with van der Waals surface area (Å²) in [4.78, 5) is 0. The lowest BCUT2D eigenvalue weighted by Gasteiger charge is -2.12. The van der Waals surface area contributed by atoms with E-state index >= 15 is 0 Å². The molecule has 4 heteroatoms. The molecule has 0 saturated heterocycles. The highest BCUT2D eigenvalue weighted by molar-refractivity contribution is 7.81. The van der Waals surface area contributed by atoms with Crippen molar-refractivity contribution in [3.05, 3.63) is 0 Å². The fourth-order valence-corrected chi connectivity index (χ4v) is 1.50. The standard InChI is InChI=1S/C8H18O2S2/c9-5-3-7(11)1-2-8(12)4-6-10/h7-12H,1-6H2. The molecule has 2 N–H and O–H groups in total. The van der Waals surface area contributed by atoms with Gasteiger partial charge in [0.1, 0.15) is 0 Å². The maximum atomic E-state index is 8.60. The molecule has 0 aromatic rings. The average molecular weight is 210 g/mol. The normalized spacial score (nSPS) is 16.0. The van der Waals surface area contributed by atoms with Crippen molar-refractivity contribution in [1.82, 2.24) is 0 Å². The molecule has 0 fully saturated rings. The molecular weight excluding hydrogens is 192 g/mol. The first-order valence-electron chi connectivity index (χ1n) is 4.28. The SMILES string of the molecule is OCCC(S)CCC(S)CCO. The van der Waals surface area contributed by atoms with Crippen molar-refractivity contribution in [2.45, 2.75) is 36.2 Å². The van der Waals surface area contributed by atoms with Crippen molar-refractivity contribution in [1.29, 1.82) is 0 Å². The van der Waals surface area contributed by atoms with Gasteiger partial charge in [0.25, 0.3) is 0 Å². The van der Waals surface area contributed by atoms with Crippen LogP contribution in [0, 0.1) is 0 Å². The molecule has 0 radical (unpaired) electrons. The number of thiol groups is 2. The second-order valence-electron chi connectivity index (χ2n) is 2.91. The van der Waals surface area contributed by atoms with E-state index < -0.39 is 0 Å². The van der Waals surface area contributed by atoms with E-state index in [1.54, 1.807) is 0 Å². The Morgan fingerprint density at radius 3 is 1.33 bits per heavy atom. The Hall–Kier alpha value is 0.620. The molecule has 0 amide bonds. The topological polar surface area (TPSA) is 40.5 Å². The van der Waals surface area contributed by atoms with E-state index in [2.05, 4.69) is 25.3 Å². The summed E-state index contributed by atoms with van der Waals surface area (Å²) < 4.78 is 0. The first kappa shape index (κ1) is 12.6. The molecule has 0 saturated carbocycles. The predicted molar refractivity (Wildman–Crippen MR) is 58.2 cm³/mol. The summed E-state index contributed by atoms with van der Waals surface area (Å²) in [6.07, 6.45) is 3.39. The molecule has 0 aromatic heterocycles. The van der Waals surface area contributed by atoms with Gasteiger partial charge < -0.3 is 10.2 Å². The van der Waals surface area contributed by atoms with Crippen LogP contribution in [-0.4, -0.2) is 33.9 Å². The minimum Gasteiger partial charge on any atom is -0.396 e. The summed E-state index contributed by atoms with van der Waals surface area (Å²) in [5.41, 5.74) is 0. The summed E-state index contributed by atoms with van der Waals surface area (Å²) in [6.45, 7) is 0.400. The van der Waals surface area contributed by atoms with Crippen LogP contribution in [0.25, 0.3) is 0 Å². The fourth-order valence-electron chi connectivity index (χ4n) is 0.971. The molecule has 74 valence electrons. The highest BCUT2D eigenvalue weighted by Gasteiger charge is 2.06. The van der Waals surface area contributed by atoms with Gasteiger partial charge in [-0.05, 0) is 25.7 Å². The zero-order valence-electron chi connectivity index (χ0n) is 7.19. The molecule has 0 bridgehead atoms. The molecule has 0 aliphatic carbocycles. The molecule has 0 spiro atoms. The molecule has 12 heavy (non-hydrogen) atoms. The lowest BCUT2D eigenvalue weighted by molar-refractivity contribution is 0.278. The Bertz CT molecular complexity index is 89.1. The van der Waals surface area contributed by atoms with Crippen molar-refractivity contribution in [3.8, 4) is 0 Å². The predicted octanol–water partition coefficient (Wildman–Crippen LogP) is 1.13. The van der Waals surface area contributed by atoms with Gasteiger partial charge in [0.15, 0.2) is 0 Å². The van der Waals surface area contributed by atoms with Crippen LogP contribution < -0.4 is 0 Å². The molecule has 2 nitrogen and oxygen atoms in total. The van der Waals surface area contributed by atoms with E-state index in [0.717, 1.165) is 25.7 Å². The second-order valence-corrected chi connectivity index (χ2v) is 4.37. The number of aliphatic hydroxyl groups excluding tert-OH is 2. The van der Waals surface area contributed by atoms with Crippen molar-refractivity contribution < 1.29 is 10.2 Å². The molecule has 0 aromatic carbocycles. The summed E-state index contributed by atoms with van der Waals surface area (Å²) in [7, 11) is 0. The van der Waals surface area contributed by atoms with Crippen LogP contribution in [0.1, 0.15) is 25.7 Å². The molecule has 0 heterocycles. The molecule has 0 aliphatic heterocycles. The van der Waals surface area contributed by atoms with Gasteiger partial charge in [-0.25, -0.2) is 0 Å². The molecular formula is C8H18O2S2. The average Bonchev–Trinajstić information content (AvgIpc) is 2.02. The van der Waals surface area contributed by atoms with E-state index in [4.69, 9.17) is 10.2 Å². The van der Waals surface area contributed by atoms with Crippen LogP contribution in [0.5, 0.6) is 0 Å². The second kappa shape index (κ2) is 8.23. The van der Waals surface area contributed by atoms with E-state index in [1.165, 1.54) is 0 Å². The van der Waals surface area contributed by atoms with Crippen molar-refractivity contribution in [3.63, 3.8) is 0 Å². The van der Waals surface area contributed by atoms with Gasteiger partial charge in [-0.1, -0.05) is 0 Å². The lowest BCUT2D eigenvalue weighted by atomic mass is 10.1. The monoisotopic (exact) mass is 210 g/mol. The van der Waals surface area contributed by atoms with E-state index in [1.807, 2.05) is 0 Å². The number of aliphatic hydroxyl groups is 2. The van der Waals surface area contributed by atoms with Crippen LogP contribution in [0.15, 0.2) is 0 Å². The highest BCUT2D eigenvalue weighted by Crippen LogP contribution is 2.15. The van der Waals surface area contributed by atoms with Crippen LogP contribution in [0.4, 0.5) is 0 Å². The number of hydrogen-bond donors (Lipinski definition) is 4. The molecule has 0 rings (SSSR count).